The van der Waals surface area contributed by atoms with Crippen molar-refractivity contribution in [1.82, 2.24) is 10.2 Å². The van der Waals surface area contributed by atoms with Gasteiger partial charge in [0, 0.05) is 31.6 Å². The molecule has 19 heavy (non-hydrogen) atoms. The minimum Gasteiger partial charge on any atom is -0.466 e. The molecule has 1 amide bonds. The summed E-state index contributed by atoms with van der Waals surface area (Å²) in [7, 11) is 0. The first-order chi connectivity index (χ1) is 9.10. The second kappa shape index (κ2) is 6.37. The molecule has 3 unspecified atom stereocenters. The van der Waals surface area contributed by atoms with Crippen LogP contribution in [0.5, 0.6) is 0 Å². The number of nitrogens with zero attached hydrogens (tertiary/aromatic N) is 1. The van der Waals surface area contributed by atoms with Crippen LogP contribution >= 0.6 is 0 Å². The van der Waals surface area contributed by atoms with Crippen LogP contribution in [0.1, 0.15) is 39.5 Å². The molecule has 0 radical (unpaired) electrons. The van der Waals surface area contributed by atoms with Crippen molar-refractivity contribution in [3.05, 3.63) is 0 Å². The minimum atomic E-state index is -0.117. The molecule has 2 fully saturated rings. The van der Waals surface area contributed by atoms with Crippen molar-refractivity contribution in [3.63, 3.8) is 0 Å². The quantitative estimate of drug-likeness (QED) is 0.771. The van der Waals surface area contributed by atoms with Gasteiger partial charge in [0.2, 0.25) is 5.91 Å². The SMILES string of the molecule is CCOC(=O)CC(C)N1CCC2NC(=O)CCC2C1. The maximum absolute atomic E-state index is 11.5. The largest absolute Gasteiger partial charge is 0.466 e. The molecule has 0 bridgehead atoms. The number of hydrogen-bond donors (Lipinski definition) is 1. The highest BCUT2D eigenvalue weighted by Gasteiger charge is 2.35. The smallest absolute Gasteiger partial charge is 0.307 e. The van der Waals surface area contributed by atoms with Crippen LogP contribution in [0.25, 0.3) is 0 Å². The second-order valence-electron chi connectivity index (χ2n) is 5.61. The van der Waals surface area contributed by atoms with E-state index >= 15 is 0 Å². The molecule has 1 N–H and O–H groups in total. The number of carbonyl (C=O) groups is 2. The number of fused-ring (bicyclic) bond motifs is 1. The molecule has 0 aromatic rings. The zero-order chi connectivity index (χ0) is 13.8. The lowest BCUT2D eigenvalue weighted by molar-refractivity contribution is -0.144. The van der Waals surface area contributed by atoms with E-state index in [2.05, 4.69) is 17.1 Å². The Labute approximate surface area is 114 Å². The van der Waals surface area contributed by atoms with Crippen molar-refractivity contribution < 1.29 is 14.3 Å². The number of esters is 1. The van der Waals surface area contributed by atoms with Gasteiger partial charge in [0.1, 0.15) is 0 Å². The predicted octanol–water partition coefficient (Wildman–Crippen LogP) is 0.929. The maximum Gasteiger partial charge on any atom is 0.307 e. The van der Waals surface area contributed by atoms with Crippen LogP contribution in [0, 0.1) is 5.92 Å². The van der Waals surface area contributed by atoms with Crippen molar-refractivity contribution in [2.45, 2.75) is 51.6 Å². The van der Waals surface area contributed by atoms with Crippen LogP contribution in [-0.2, 0) is 14.3 Å². The average Bonchev–Trinajstić information content (AvgIpc) is 2.38. The summed E-state index contributed by atoms with van der Waals surface area (Å²) in [6, 6.07) is 0.560. The van der Waals surface area contributed by atoms with Crippen molar-refractivity contribution in [1.29, 1.82) is 0 Å². The van der Waals surface area contributed by atoms with Crippen LogP contribution in [0.4, 0.5) is 0 Å². The third kappa shape index (κ3) is 3.69. The normalized spacial score (nSPS) is 29.3. The van der Waals surface area contributed by atoms with E-state index < -0.39 is 0 Å². The van der Waals surface area contributed by atoms with Gasteiger partial charge in [-0.25, -0.2) is 0 Å². The number of likely N-dealkylation sites (tertiary alicyclic amines) is 1. The Morgan fingerprint density at radius 2 is 2.32 bits per heavy atom. The summed E-state index contributed by atoms with van der Waals surface area (Å²) in [4.78, 5) is 25.2. The third-order valence-electron chi connectivity index (χ3n) is 4.24. The van der Waals surface area contributed by atoms with Gasteiger partial charge in [0.25, 0.3) is 0 Å². The molecule has 0 spiro atoms. The lowest BCUT2D eigenvalue weighted by Gasteiger charge is -2.43. The summed E-state index contributed by atoms with van der Waals surface area (Å²) in [5.41, 5.74) is 0. The first kappa shape index (κ1) is 14.3. The summed E-state index contributed by atoms with van der Waals surface area (Å²) in [5, 5.41) is 3.08. The molecule has 2 heterocycles. The van der Waals surface area contributed by atoms with Gasteiger partial charge in [-0.2, -0.15) is 0 Å². The van der Waals surface area contributed by atoms with Gasteiger partial charge in [-0.15, -0.1) is 0 Å². The van der Waals surface area contributed by atoms with Crippen LogP contribution in [0.2, 0.25) is 0 Å². The monoisotopic (exact) mass is 268 g/mol. The van der Waals surface area contributed by atoms with E-state index in [0.717, 1.165) is 25.9 Å². The molecule has 0 aromatic carbocycles. The molecular weight excluding hydrogens is 244 g/mol. The number of carbonyl (C=O) groups excluding carboxylic acids is 2. The van der Waals surface area contributed by atoms with Crippen molar-refractivity contribution in [3.8, 4) is 0 Å². The van der Waals surface area contributed by atoms with Gasteiger partial charge < -0.3 is 10.1 Å². The van der Waals surface area contributed by atoms with Crippen molar-refractivity contribution >= 4 is 11.9 Å². The van der Waals surface area contributed by atoms with Crippen LogP contribution < -0.4 is 5.32 Å². The standard InChI is InChI=1S/C14H24N2O3/c1-3-19-14(18)8-10(2)16-7-6-12-11(9-16)4-5-13(17)15-12/h10-12H,3-9H2,1-2H3,(H,15,17). The molecule has 2 aliphatic heterocycles. The Morgan fingerprint density at radius 3 is 3.05 bits per heavy atom. The van der Waals surface area contributed by atoms with Crippen LogP contribution in [-0.4, -0.2) is 48.6 Å². The highest BCUT2D eigenvalue weighted by atomic mass is 16.5. The number of hydrogen-bond acceptors (Lipinski definition) is 4. The van der Waals surface area contributed by atoms with Crippen molar-refractivity contribution in [2.24, 2.45) is 5.92 Å². The molecule has 0 aliphatic carbocycles. The fourth-order valence-electron chi connectivity index (χ4n) is 3.13. The fraction of sp³-hybridized carbons (Fsp3) is 0.857. The number of amides is 1. The Morgan fingerprint density at radius 1 is 1.53 bits per heavy atom. The molecule has 2 aliphatic rings. The van der Waals surface area contributed by atoms with E-state index in [0.29, 0.717) is 31.4 Å². The molecule has 2 rings (SSSR count). The van der Waals surface area contributed by atoms with Gasteiger partial charge in [0.15, 0.2) is 0 Å². The Balaban J connectivity index is 1.83. The summed E-state index contributed by atoms with van der Waals surface area (Å²) in [6.45, 7) is 6.28. The predicted molar refractivity (Wildman–Crippen MR) is 71.6 cm³/mol. The van der Waals surface area contributed by atoms with E-state index in [1.165, 1.54) is 0 Å². The van der Waals surface area contributed by atoms with E-state index in [4.69, 9.17) is 4.74 Å². The molecule has 5 nitrogen and oxygen atoms in total. The second-order valence-corrected chi connectivity index (χ2v) is 5.61. The summed E-state index contributed by atoms with van der Waals surface area (Å²) >= 11 is 0. The molecule has 2 saturated heterocycles. The van der Waals surface area contributed by atoms with E-state index in [1.54, 1.807) is 0 Å². The van der Waals surface area contributed by atoms with Gasteiger partial charge in [0.05, 0.1) is 13.0 Å². The highest BCUT2D eigenvalue weighted by molar-refractivity contribution is 5.77. The van der Waals surface area contributed by atoms with Crippen LogP contribution in [0.15, 0.2) is 0 Å². The lowest BCUT2D eigenvalue weighted by Crippen LogP contribution is -2.55. The maximum atomic E-state index is 11.5. The molecule has 0 aromatic heterocycles. The zero-order valence-corrected chi connectivity index (χ0v) is 11.9. The first-order valence-electron chi connectivity index (χ1n) is 7.29. The Kier molecular flexibility index (Phi) is 4.80. The van der Waals surface area contributed by atoms with Gasteiger partial charge >= 0.3 is 5.97 Å². The summed E-state index contributed by atoms with van der Waals surface area (Å²) in [6.07, 6.45) is 3.06. The Hall–Kier alpha value is -1.10. The molecule has 0 saturated carbocycles. The number of piperidine rings is 2. The first-order valence-corrected chi connectivity index (χ1v) is 7.29. The molecule has 5 heteroatoms. The summed E-state index contributed by atoms with van der Waals surface area (Å²) in [5.74, 6) is 0.611. The lowest BCUT2D eigenvalue weighted by atomic mass is 9.84. The van der Waals surface area contributed by atoms with E-state index in [1.807, 2.05) is 6.92 Å². The number of ether oxygens (including phenoxy) is 1. The Bertz CT molecular complexity index is 346. The average molecular weight is 268 g/mol. The number of rotatable bonds is 4. The number of nitrogens with one attached hydrogen (secondary N) is 1. The van der Waals surface area contributed by atoms with Gasteiger partial charge in [-0.1, -0.05) is 0 Å². The molecule has 108 valence electrons. The fourth-order valence-corrected chi connectivity index (χ4v) is 3.13. The highest BCUT2D eigenvalue weighted by Crippen LogP contribution is 2.26. The topological polar surface area (TPSA) is 58.6 Å². The zero-order valence-electron chi connectivity index (χ0n) is 11.9. The van der Waals surface area contributed by atoms with Gasteiger partial charge in [-0.3, -0.25) is 14.5 Å². The summed E-state index contributed by atoms with van der Waals surface area (Å²) < 4.78 is 5.00. The van der Waals surface area contributed by atoms with Crippen LogP contribution in [0.3, 0.4) is 0 Å². The minimum absolute atomic E-state index is 0.117. The van der Waals surface area contributed by atoms with E-state index in [9.17, 15) is 9.59 Å². The van der Waals surface area contributed by atoms with Gasteiger partial charge in [-0.05, 0) is 32.6 Å². The van der Waals surface area contributed by atoms with Crippen molar-refractivity contribution in [2.75, 3.05) is 19.7 Å². The molecule has 3 atom stereocenters. The third-order valence-corrected chi connectivity index (χ3v) is 4.24. The van der Waals surface area contributed by atoms with E-state index in [-0.39, 0.29) is 17.9 Å². The molecular formula is C14H24N2O3.